The molecule has 1 heterocycles. The minimum atomic E-state index is -0.952. The average Bonchev–Trinajstić information content (AvgIpc) is 2.70. The molecule has 1 aliphatic heterocycles. The molecule has 1 aliphatic rings. The standard InChI is InChI=1S/C21H22N2O6/c24-9-10-28-20(23-19(26)13-18(25)22-21(23)27)12-16-7-4-8-17(11-16)29-14-15-5-2-1-3-6-15/h1-8,11,20,24H,9-10,12-14H2,(H,22,25,27). The van der Waals surface area contributed by atoms with E-state index in [4.69, 9.17) is 14.6 Å². The van der Waals surface area contributed by atoms with Crippen molar-refractivity contribution in [1.29, 1.82) is 0 Å². The fourth-order valence-corrected chi connectivity index (χ4v) is 2.97. The van der Waals surface area contributed by atoms with Crippen LogP contribution in [0.5, 0.6) is 5.75 Å². The van der Waals surface area contributed by atoms with Crippen LogP contribution in [0, 0.1) is 0 Å². The van der Waals surface area contributed by atoms with Crippen molar-refractivity contribution in [1.82, 2.24) is 10.2 Å². The van der Waals surface area contributed by atoms with Crippen molar-refractivity contribution in [2.75, 3.05) is 13.2 Å². The SMILES string of the molecule is O=C1CC(=O)N(C(Cc2cccc(OCc3ccccc3)c2)OCCO)C(=O)N1. The molecule has 1 unspecified atom stereocenters. The molecule has 4 amide bonds. The molecule has 8 nitrogen and oxygen atoms in total. The van der Waals surface area contributed by atoms with Crippen molar-refractivity contribution in [3.05, 3.63) is 65.7 Å². The fourth-order valence-electron chi connectivity index (χ4n) is 2.97. The molecule has 0 saturated carbocycles. The lowest BCUT2D eigenvalue weighted by atomic mass is 10.1. The molecule has 8 heteroatoms. The number of carbonyl (C=O) groups excluding carboxylic acids is 3. The molecule has 1 fully saturated rings. The Hall–Kier alpha value is -3.23. The van der Waals surface area contributed by atoms with Crippen LogP contribution in [0.3, 0.4) is 0 Å². The molecule has 29 heavy (non-hydrogen) atoms. The first kappa shape index (κ1) is 20.5. The number of rotatable bonds is 9. The second-order valence-electron chi connectivity index (χ2n) is 6.47. The van der Waals surface area contributed by atoms with Crippen LogP contribution in [0.1, 0.15) is 17.5 Å². The number of urea groups is 1. The summed E-state index contributed by atoms with van der Waals surface area (Å²) in [6.45, 7) is 0.0863. The number of carbonyl (C=O) groups is 3. The van der Waals surface area contributed by atoms with E-state index < -0.39 is 30.5 Å². The molecule has 1 atom stereocenters. The predicted octanol–water partition coefficient (Wildman–Crippen LogP) is 1.61. The normalized spacial score (nSPS) is 15.2. The van der Waals surface area contributed by atoms with Gasteiger partial charge in [0.15, 0.2) is 0 Å². The topological polar surface area (TPSA) is 105 Å². The Labute approximate surface area is 168 Å². The lowest BCUT2D eigenvalue weighted by Crippen LogP contribution is -2.57. The number of benzene rings is 2. The van der Waals surface area contributed by atoms with Crippen LogP contribution < -0.4 is 10.1 Å². The maximum absolute atomic E-state index is 12.2. The fraction of sp³-hybridized carbons (Fsp3) is 0.286. The summed E-state index contributed by atoms with van der Waals surface area (Å²) in [6.07, 6.45) is -1.19. The van der Waals surface area contributed by atoms with Crippen molar-refractivity contribution in [2.24, 2.45) is 0 Å². The zero-order chi connectivity index (χ0) is 20.6. The molecule has 2 aromatic rings. The van der Waals surface area contributed by atoms with Gasteiger partial charge in [-0.3, -0.25) is 14.9 Å². The van der Waals surface area contributed by atoms with Crippen molar-refractivity contribution in [3.8, 4) is 5.75 Å². The highest BCUT2D eigenvalue weighted by atomic mass is 16.5. The molecule has 0 aliphatic carbocycles. The first-order chi connectivity index (χ1) is 14.1. The van der Waals surface area contributed by atoms with E-state index in [-0.39, 0.29) is 19.6 Å². The Balaban J connectivity index is 1.71. The van der Waals surface area contributed by atoms with Gasteiger partial charge in [0, 0.05) is 6.42 Å². The summed E-state index contributed by atoms with van der Waals surface area (Å²) in [5, 5.41) is 11.2. The summed E-state index contributed by atoms with van der Waals surface area (Å²) < 4.78 is 11.3. The van der Waals surface area contributed by atoms with Crippen LogP contribution in [0.25, 0.3) is 0 Å². The van der Waals surface area contributed by atoms with Crippen LogP contribution in [0.15, 0.2) is 54.6 Å². The van der Waals surface area contributed by atoms with E-state index in [9.17, 15) is 14.4 Å². The van der Waals surface area contributed by atoms with E-state index in [1.165, 1.54) is 0 Å². The molecule has 1 saturated heterocycles. The van der Waals surface area contributed by atoms with Gasteiger partial charge in [-0.25, -0.2) is 9.69 Å². The van der Waals surface area contributed by atoms with Crippen LogP contribution in [-0.4, -0.2) is 47.3 Å². The summed E-state index contributed by atoms with van der Waals surface area (Å²) in [4.78, 5) is 36.6. The minimum absolute atomic E-state index is 0.0557. The predicted molar refractivity (Wildman–Crippen MR) is 103 cm³/mol. The highest BCUT2D eigenvalue weighted by Gasteiger charge is 2.36. The van der Waals surface area contributed by atoms with Crippen LogP contribution >= 0.6 is 0 Å². The van der Waals surface area contributed by atoms with Gasteiger partial charge in [-0.1, -0.05) is 42.5 Å². The molecule has 2 N–H and O–H groups in total. The number of amides is 4. The van der Waals surface area contributed by atoms with Crippen LogP contribution in [0.4, 0.5) is 4.79 Å². The van der Waals surface area contributed by atoms with Crippen LogP contribution in [0.2, 0.25) is 0 Å². The molecule has 0 bridgehead atoms. The summed E-state index contributed by atoms with van der Waals surface area (Å²) in [6, 6.07) is 16.1. The summed E-state index contributed by atoms with van der Waals surface area (Å²) in [7, 11) is 0. The smallest absolute Gasteiger partial charge is 0.332 e. The highest BCUT2D eigenvalue weighted by molar-refractivity contribution is 6.14. The van der Waals surface area contributed by atoms with E-state index >= 15 is 0 Å². The molecular formula is C21H22N2O6. The molecule has 2 aromatic carbocycles. The number of hydrogen-bond acceptors (Lipinski definition) is 6. The molecule has 0 aromatic heterocycles. The van der Waals surface area contributed by atoms with Gasteiger partial charge < -0.3 is 14.6 Å². The van der Waals surface area contributed by atoms with E-state index in [1.807, 2.05) is 42.5 Å². The van der Waals surface area contributed by atoms with E-state index in [0.717, 1.165) is 16.0 Å². The third kappa shape index (κ3) is 5.63. The number of imide groups is 2. The monoisotopic (exact) mass is 398 g/mol. The largest absolute Gasteiger partial charge is 0.489 e. The summed E-state index contributed by atoms with van der Waals surface area (Å²) in [5.41, 5.74) is 1.80. The maximum Gasteiger partial charge on any atom is 0.332 e. The van der Waals surface area contributed by atoms with E-state index in [1.54, 1.807) is 12.1 Å². The van der Waals surface area contributed by atoms with Gasteiger partial charge in [-0.05, 0) is 23.3 Å². The highest BCUT2D eigenvalue weighted by Crippen LogP contribution is 2.20. The Morgan fingerprint density at radius 3 is 2.52 bits per heavy atom. The van der Waals surface area contributed by atoms with Gasteiger partial charge in [0.05, 0.1) is 13.2 Å². The summed E-state index contributed by atoms with van der Waals surface area (Å²) >= 11 is 0. The Morgan fingerprint density at radius 1 is 1.03 bits per heavy atom. The summed E-state index contributed by atoms with van der Waals surface area (Å²) in [5.74, 6) is -0.650. The Bertz CT molecular complexity index is 850. The number of hydrogen-bond donors (Lipinski definition) is 2. The van der Waals surface area contributed by atoms with Gasteiger partial charge in [-0.15, -0.1) is 0 Å². The Kier molecular flexibility index (Phi) is 6.94. The molecule has 0 spiro atoms. The van der Waals surface area contributed by atoms with E-state index in [2.05, 4.69) is 5.32 Å². The first-order valence-corrected chi connectivity index (χ1v) is 9.21. The molecule has 152 valence electrons. The third-order valence-corrected chi connectivity index (χ3v) is 4.29. The maximum atomic E-state index is 12.2. The lowest BCUT2D eigenvalue weighted by Gasteiger charge is -2.32. The number of aliphatic hydroxyl groups excluding tert-OH is 1. The van der Waals surface area contributed by atoms with Gasteiger partial charge in [0.25, 0.3) is 0 Å². The van der Waals surface area contributed by atoms with Crippen molar-refractivity contribution < 1.29 is 29.0 Å². The third-order valence-electron chi connectivity index (χ3n) is 4.29. The van der Waals surface area contributed by atoms with Crippen molar-refractivity contribution in [3.63, 3.8) is 0 Å². The van der Waals surface area contributed by atoms with Crippen LogP contribution in [-0.2, 0) is 27.4 Å². The number of nitrogens with zero attached hydrogens (tertiary/aromatic N) is 1. The minimum Gasteiger partial charge on any atom is -0.489 e. The second kappa shape index (κ2) is 9.81. The van der Waals surface area contributed by atoms with Crippen molar-refractivity contribution in [2.45, 2.75) is 25.7 Å². The Morgan fingerprint density at radius 2 is 1.79 bits per heavy atom. The van der Waals surface area contributed by atoms with Gasteiger partial charge in [0.2, 0.25) is 11.8 Å². The zero-order valence-corrected chi connectivity index (χ0v) is 15.7. The number of ether oxygens (including phenoxy) is 2. The molecule has 3 rings (SSSR count). The molecule has 0 radical (unpaired) electrons. The number of aliphatic hydroxyl groups is 1. The average molecular weight is 398 g/mol. The number of nitrogens with one attached hydrogen (secondary N) is 1. The molecular weight excluding hydrogens is 376 g/mol. The van der Waals surface area contributed by atoms with E-state index in [0.29, 0.717) is 12.4 Å². The quantitative estimate of drug-likeness (QED) is 0.622. The lowest BCUT2D eigenvalue weighted by molar-refractivity contribution is -0.146. The second-order valence-corrected chi connectivity index (χ2v) is 6.47. The first-order valence-electron chi connectivity index (χ1n) is 9.21. The van der Waals surface area contributed by atoms with Gasteiger partial charge >= 0.3 is 6.03 Å². The van der Waals surface area contributed by atoms with Crippen molar-refractivity contribution >= 4 is 17.8 Å². The zero-order valence-electron chi connectivity index (χ0n) is 15.7. The van der Waals surface area contributed by atoms with Gasteiger partial charge in [-0.2, -0.15) is 0 Å². The van der Waals surface area contributed by atoms with Gasteiger partial charge in [0.1, 0.15) is 25.0 Å². The number of barbiturate groups is 1.